The molecule has 0 atom stereocenters. The summed E-state index contributed by atoms with van der Waals surface area (Å²) in [5.74, 6) is 3.94. The van der Waals surface area contributed by atoms with Crippen LogP contribution in [0.25, 0.3) is 22.9 Å². The number of hydrogen-bond acceptors (Lipinski definition) is 8. The fourth-order valence-electron chi connectivity index (χ4n) is 6.36. The summed E-state index contributed by atoms with van der Waals surface area (Å²) in [6.45, 7) is 9.53. The Morgan fingerprint density at radius 3 is 2.55 bits per heavy atom. The van der Waals surface area contributed by atoms with Gasteiger partial charge in [0.15, 0.2) is 0 Å². The van der Waals surface area contributed by atoms with Gasteiger partial charge < -0.3 is 24.3 Å². The molecular weight excluding hydrogens is 526 g/mol. The first-order chi connectivity index (χ1) is 20.5. The fourth-order valence-corrected chi connectivity index (χ4v) is 6.36. The highest BCUT2D eigenvalue weighted by Gasteiger charge is 2.36. The Morgan fingerprint density at radius 1 is 0.952 bits per heavy atom. The van der Waals surface area contributed by atoms with Crippen molar-refractivity contribution in [3.63, 3.8) is 0 Å². The molecule has 2 aliphatic heterocycles. The predicted octanol–water partition coefficient (Wildman–Crippen LogP) is 5.07. The number of morpholine rings is 1. The van der Waals surface area contributed by atoms with E-state index in [4.69, 9.17) is 24.4 Å². The van der Waals surface area contributed by atoms with Gasteiger partial charge in [-0.25, -0.2) is 19.9 Å². The van der Waals surface area contributed by atoms with Crippen molar-refractivity contribution in [1.29, 1.82) is 0 Å². The van der Waals surface area contributed by atoms with Crippen LogP contribution in [0.2, 0.25) is 0 Å². The number of H-pyrrole nitrogens is 1. The first-order valence-corrected chi connectivity index (χ1v) is 14.8. The van der Waals surface area contributed by atoms with Crippen LogP contribution in [-0.4, -0.2) is 71.4 Å². The smallest absolute Gasteiger partial charge is 0.139 e. The third-order valence-electron chi connectivity index (χ3n) is 9.04. The third-order valence-corrected chi connectivity index (χ3v) is 9.04. The van der Waals surface area contributed by atoms with Crippen molar-refractivity contribution in [2.75, 3.05) is 56.3 Å². The zero-order valence-electron chi connectivity index (χ0n) is 24.6. The van der Waals surface area contributed by atoms with Crippen LogP contribution >= 0.6 is 0 Å². The number of methoxy groups -OCH3 is 1. The minimum Gasteiger partial charge on any atom is -0.497 e. The maximum atomic E-state index is 5.48. The molecule has 0 amide bonds. The van der Waals surface area contributed by atoms with Crippen LogP contribution < -0.4 is 14.5 Å². The number of anilines is 2. The number of aromatic nitrogens is 5. The highest BCUT2D eigenvalue weighted by Crippen LogP contribution is 2.40. The van der Waals surface area contributed by atoms with E-state index in [0.29, 0.717) is 0 Å². The Bertz CT molecular complexity index is 1610. The van der Waals surface area contributed by atoms with Gasteiger partial charge in [-0.15, -0.1) is 0 Å². The first kappa shape index (κ1) is 26.6. The lowest BCUT2D eigenvalue weighted by Gasteiger charge is -2.39. The van der Waals surface area contributed by atoms with Gasteiger partial charge in [-0.3, -0.25) is 0 Å². The average molecular weight is 564 g/mol. The van der Waals surface area contributed by atoms with Crippen LogP contribution in [0.5, 0.6) is 5.75 Å². The highest BCUT2D eigenvalue weighted by molar-refractivity contribution is 5.91. The molecule has 4 aromatic rings. The van der Waals surface area contributed by atoms with Gasteiger partial charge in [0.2, 0.25) is 0 Å². The zero-order chi connectivity index (χ0) is 28.7. The lowest BCUT2D eigenvalue weighted by molar-refractivity contribution is 0.122. The van der Waals surface area contributed by atoms with Gasteiger partial charge in [-0.1, -0.05) is 19.1 Å². The Hall–Kier alpha value is -4.24. The standard InChI is InChI=1S/C33H37N7O2/c1-22-30(23-5-4-6-26(17-23)41-3)38-32(37-22)33(2)9-11-40(12-10-33)31-27-18-25(19-28(27)35-21-36-31)24-7-8-29(34-20-24)39-13-15-42-16-14-39/h4-8,17-18,20-21H,9-16,19H2,1-3H3,(H,37,38). The minimum atomic E-state index is -0.0382. The largest absolute Gasteiger partial charge is 0.497 e. The van der Waals surface area contributed by atoms with Gasteiger partial charge in [-0.2, -0.15) is 0 Å². The summed E-state index contributed by atoms with van der Waals surface area (Å²) >= 11 is 0. The number of benzene rings is 1. The van der Waals surface area contributed by atoms with Gasteiger partial charge in [0, 0.05) is 61.0 Å². The minimum absolute atomic E-state index is 0.0382. The lowest BCUT2D eigenvalue weighted by Crippen LogP contribution is -2.42. The van der Waals surface area contributed by atoms with Crippen LogP contribution in [0.4, 0.5) is 11.6 Å². The van der Waals surface area contributed by atoms with Crippen molar-refractivity contribution in [3.05, 3.63) is 77.3 Å². The maximum absolute atomic E-state index is 5.48. The predicted molar refractivity (Wildman–Crippen MR) is 165 cm³/mol. The summed E-state index contributed by atoms with van der Waals surface area (Å²) in [5.41, 5.74) is 7.72. The van der Waals surface area contributed by atoms with E-state index < -0.39 is 0 Å². The summed E-state index contributed by atoms with van der Waals surface area (Å²) in [5, 5.41) is 0. The summed E-state index contributed by atoms with van der Waals surface area (Å²) < 4.78 is 10.9. The molecule has 3 aliphatic rings. The van der Waals surface area contributed by atoms with E-state index in [1.165, 1.54) is 5.57 Å². The summed E-state index contributed by atoms with van der Waals surface area (Å²) in [7, 11) is 1.70. The van der Waals surface area contributed by atoms with E-state index >= 15 is 0 Å². The van der Waals surface area contributed by atoms with Gasteiger partial charge in [0.25, 0.3) is 0 Å². The zero-order valence-corrected chi connectivity index (χ0v) is 24.6. The van der Waals surface area contributed by atoms with Crippen molar-refractivity contribution in [1.82, 2.24) is 24.9 Å². The first-order valence-electron chi connectivity index (χ1n) is 14.8. The SMILES string of the molecule is COc1cccc(-c2nc(C3(C)CCN(c4ncnc5c4C=C(c4ccc(N6CCOCC6)nc4)C5)CC3)[nH]c2C)c1. The second kappa shape index (κ2) is 10.9. The molecule has 0 radical (unpaired) electrons. The highest BCUT2D eigenvalue weighted by atomic mass is 16.5. The van der Waals surface area contributed by atoms with Gasteiger partial charge in [0.05, 0.1) is 31.7 Å². The second-order valence-corrected chi connectivity index (χ2v) is 11.7. The molecule has 0 saturated carbocycles. The molecular formula is C33H37N7O2. The molecule has 9 nitrogen and oxygen atoms in total. The number of piperidine rings is 1. The van der Waals surface area contributed by atoms with Crippen LogP contribution in [0, 0.1) is 6.92 Å². The quantitative estimate of drug-likeness (QED) is 0.348. The number of rotatable bonds is 6. The molecule has 9 heteroatoms. The van der Waals surface area contributed by atoms with E-state index in [-0.39, 0.29) is 5.41 Å². The van der Waals surface area contributed by atoms with Crippen molar-refractivity contribution >= 4 is 23.3 Å². The fraction of sp³-hybridized carbons (Fsp3) is 0.394. The Morgan fingerprint density at radius 2 is 1.79 bits per heavy atom. The van der Waals surface area contributed by atoms with E-state index in [1.807, 2.05) is 24.4 Å². The van der Waals surface area contributed by atoms with E-state index in [9.17, 15) is 0 Å². The molecule has 1 aromatic carbocycles. The van der Waals surface area contributed by atoms with Gasteiger partial charge in [-0.05, 0) is 61.2 Å². The Labute approximate surface area is 246 Å². The second-order valence-electron chi connectivity index (χ2n) is 11.7. The summed E-state index contributed by atoms with van der Waals surface area (Å²) in [6, 6.07) is 12.4. The van der Waals surface area contributed by atoms with Crippen LogP contribution in [0.15, 0.2) is 48.9 Å². The van der Waals surface area contributed by atoms with Gasteiger partial charge in [0.1, 0.15) is 29.5 Å². The Kier molecular flexibility index (Phi) is 6.90. The van der Waals surface area contributed by atoms with E-state index in [1.54, 1.807) is 13.4 Å². The lowest BCUT2D eigenvalue weighted by atomic mass is 9.79. The monoisotopic (exact) mass is 563 g/mol. The molecule has 1 N–H and O–H groups in total. The maximum Gasteiger partial charge on any atom is 0.139 e. The number of pyridine rings is 1. The molecule has 2 fully saturated rings. The van der Waals surface area contributed by atoms with Crippen LogP contribution in [0.1, 0.15) is 48.1 Å². The number of hydrogen-bond donors (Lipinski definition) is 1. The molecule has 2 saturated heterocycles. The molecule has 5 heterocycles. The van der Waals surface area contributed by atoms with Crippen molar-refractivity contribution < 1.29 is 9.47 Å². The molecule has 7 rings (SSSR count). The molecule has 3 aromatic heterocycles. The number of ether oxygens (including phenoxy) is 2. The normalized spacial score (nSPS) is 18.1. The molecule has 0 spiro atoms. The number of imidazole rings is 1. The molecule has 42 heavy (non-hydrogen) atoms. The average Bonchev–Trinajstić information content (AvgIpc) is 3.66. The van der Waals surface area contributed by atoms with Crippen molar-refractivity contribution in [2.45, 2.75) is 38.5 Å². The molecule has 0 bridgehead atoms. The summed E-state index contributed by atoms with van der Waals surface area (Å²) in [6.07, 6.45) is 8.75. The van der Waals surface area contributed by atoms with Crippen molar-refractivity contribution in [2.24, 2.45) is 0 Å². The number of nitrogens with one attached hydrogen (secondary N) is 1. The number of aromatic amines is 1. The summed E-state index contributed by atoms with van der Waals surface area (Å²) in [4.78, 5) is 27.6. The van der Waals surface area contributed by atoms with Crippen molar-refractivity contribution in [3.8, 4) is 17.0 Å². The molecule has 0 unspecified atom stereocenters. The van der Waals surface area contributed by atoms with E-state index in [0.717, 1.165) is 116 Å². The third kappa shape index (κ3) is 4.91. The van der Waals surface area contributed by atoms with E-state index in [2.05, 4.69) is 57.9 Å². The number of fused-ring (bicyclic) bond motifs is 1. The topological polar surface area (TPSA) is 92.3 Å². The Balaban J connectivity index is 1.07. The van der Waals surface area contributed by atoms with Crippen LogP contribution in [0.3, 0.4) is 0 Å². The van der Waals surface area contributed by atoms with Gasteiger partial charge >= 0.3 is 0 Å². The van der Waals surface area contributed by atoms with Crippen LogP contribution in [-0.2, 0) is 16.6 Å². The molecule has 216 valence electrons. The number of aryl methyl sites for hydroxylation is 1. The molecule has 1 aliphatic carbocycles. The number of nitrogens with zero attached hydrogens (tertiary/aromatic N) is 6. The number of allylic oxidation sites excluding steroid dienone is 1.